The molecule has 0 fully saturated rings. The fourth-order valence-corrected chi connectivity index (χ4v) is 1.72. The van der Waals surface area contributed by atoms with Crippen molar-refractivity contribution >= 4 is 11.8 Å². The number of hydrogen-bond acceptors (Lipinski definition) is 3. The number of hydrogen-bond donors (Lipinski definition) is 2. The van der Waals surface area contributed by atoms with Crippen molar-refractivity contribution in [1.82, 2.24) is 0 Å². The molecule has 0 radical (unpaired) electrons. The molecule has 4 nitrogen and oxygen atoms in total. The van der Waals surface area contributed by atoms with E-state index in [-0.39, 0.29) is 24.4 Å². The van der Waals surface area contributed by atoms with Gasteiger partial charge in [0.25, 0.3) is 0 Å². The number of carboxylic acid groups (broad SMARTS) is 1. The number of carboxylic acids is 1. The van der Waals surface area contributed by atoms with Crippen molar-refractivity contribution < 1.29 is 19.1 Å². The Morgan fingerprint density at radius 1 is 1.42 bits per heavy atom. The highest BCUT2D eigenvalue weighted by atomic mass is 19.1. The molecule has 5 heteroatoms. The first-order chi connectivity index (χ1) is 8.81. The van der Waals surface area contributed by atoms with Gasteiger partial charge >= 0.3 is 5.97 Å². The third kappa shape index (κ3) is 4.44. The lowest BCUT2D eigenvalue weighted by Gasteiger charge is -2.13. The Morgan fingerprint density at radius 3 is 2.53 bits per heavy atom. The maximum atomic E-state index is 13.4. The largest absolute Gasteiger partial charge is 0.481 e. The molecule has 0 aliphatic carbocycles. The minimum atomic E-state index is -1.07. The first-order valence-corrected chi connectivity index (χ1v) is 6.07. The zero-order valence-electron chi connectivity index (χ0n) is 11.0. The molecule has 1 rings (SSSR count). The van der Waals surface area contributed by atoms with Gasteiger partial charge in [-0.3, -0.25) is 9.59 Å². The van der Waals surface area contributed by atoms with Gasteiger partial charge in [0, 0.05) is 6.42 Å². The van der Waals surface area contributed by atoms with Gasteiger partial charge in [-0.15, -0.1) is 0 Å². The molecule has 0 saturated heterocycles. The SMILES string of the molecule is Cc1ccc(CC(CC(=O)C(C)N)C(=O)O)cc1F. The summed E-state index contributed by atoms with van der Waals surface area (Å²) < 4.78 is 13.4. The lowest BCUT2D eigenvalue weighted by molar-refractivity contribution is -0.143. The quantitative estimate of drug-likeness (QED) is 0.821. The zero-order chi connectivity index (χ0) is 14.6. The molecule has 1 aromatic rings. The number of Topliss-reactive ketones (excluding diaryl/α,β-unsaturated/α-hetero) is 1. The summed E-state index contributed by atoms with van der Waals surface area (Å²) >= 11 is 0. The number of aliphatic carboxylic acids is 1. The number of benzene rings is 1. The zero-order valence-corrected chi connectivity index (χ0v) is 11.0. The maximum Gasteiger partial charge on any atom is 0.307 e. The molecule has 0 spiro atoms. The number of nitrogens with two attached hydrogens (primary N) is 1. The fourth-order valence-electron chi connectivity index (χ4n) is 1.72. The number of aryl methyl sites for hydroxylation is 1. The van der Waals surface area contributed by atoms with Gasteiger partial charge in [-0.25, -0.2) is 4.39 Å². The molecule has 2 atom stereocenters. The Balaban J connectivity index is 2.81. The Morgan fingerprint density at radius 2 is 2.05 bits per heavy atom. The Hall–Kier alpha value is -1.75. The van der Waals surface area contributed by atoms with Crippen LogP contribution in [0.4, 0.5) is 4.39 Å². The number of carbonyl (C=O) groups is 2. The van der Waals surface area contributed by atoms with Gasteiger partial charge in [0.05, 0.1) is 12.0 Å². The van der Waals surface area contributed by atoms with E-state index in [4.69, 9.17) is 10.8 Å². The maximum absolute atomic E-state index is 13.4. The van der Waals surface area contributed by atoms with Crippen molar-refractivity contribution in [3.63, 3.8) is 0 Å². The molecule has 0 aliphatic rings. The summed E-state index contributed by atoms with van der Waals surface area (Å²) in [7, 11) is 0. The predicted molar refractivity (Wildman–Crippen MR) is 69.2 cm³/mol. The summed E-state index contributed by atoms with van der Waals surface area (Å²) in [4.78, 5) is 22.6. The third-order valence-corrected chi connectivity index (χ3v) is 3.02. The molecule has 104 valence electrons. The molecule has 0 saturated carbocycles. The van der Waals surface area contributed by atoms with Crippen LogP contribution in [0.15, 0.2) is 18.2 Å². The van der Waals surface area contributed by atoms with Gasteiger partial charge in [0.1, 0.15) is 11.6 Å². The lowest BCUT2D eigenvalue weighted by Crippen LogP contribution is -2.31. The van der Waals surface area contributed by atoms with Crippen LogP contribution in [0.5, 0.6) is 0 Å². The van der Waals surface area contributed by atoms with Gasteiger partial charge in [0.2, 0.25) is 0 Å². The van der Waals surface area contributed by atoms with Crippen molar-refractivity contribution in [3.8, 4) is 0 Å². The van der Waals surface area contributed by atoms with E-state index in [0.29, 0.717) is 11.1 Å². The average molecular weight is 267 g/mol. The van der Waals surface area contributed by atoms with Crippen LogP contribution >= 0.6 is 0 Å². The summed E-state index contributed by atoms with van der Waals surface area (Å²) in [5, 5.41) is 9.10. The highest BCUT2D eigenvalue weighted by Gasteiger charge is 2.23. The number of halogens is 1. The first kappa shape index (κ1) is 15.3. The predicted octanol–water partition coefficient (Wildman–Crippen LogP) is 1.68. The van der Waals surface area contributed by atoms with Crippen LogP contribution in [-0.2, 0) is 16.0 Å². The summed E-state index contributed by atoms with van der Waals surface area (Å²) in [6.07, 6.45) is -0.0203. The number of rotatable bonds is 6. The van der Waals surface area contributed by atoms with Gasteiger partial charge < -0.3 is 10.8 Å². The van der Waals surface area contributed by atoms with Crippen LogP contribution in [0.2, 0.25) is 0 Å². The highest BCUT2D eigenvalue weighted by molar-refractivity contribution is 5.87. The summed E-state index contributed by atoms with van der Waals surface area (Å²) in [6.45, 7) is 3.15. The van der Waals surface area contributed by atoms with E-state index in [1.54, 1.807) is 19.1 Å². The van der Waals surface area contributed by atoms with E-state index in [2.05, 4.69) is 0 Å². The molecule has 0 aliphatic heterocycles. The van der Waals surface area contributed by atoms with E-state index in [0.717, 1.165) is 0 Å². The highest BCUT2D eigenvalue weighted by Crippen LogP contribution is 2.16. The van der Waals surface area contributed by atoms with Gasteiger partial charge in [-0.05, 0) is 37.5 Å². The van der Waals surface area contributed by atoms with Gasteiger partial charge in [-0.1, -0.05) is 12.1 Å². The van der Waals surface area contributed by atoms with Crippen molar-refractivity contribution in [2.45, 2.75) is 32.7 Å². The molecule has 0 aromatic heterocycles. The lowest BCUT2D eigenvalue weighted by atomic mass is 9.92. The van der Waals surface area contributed by atoms with Crippen molar-refractivity contribution in [2.24, 2.45) is 11.7 Å². The molecular weight excluding hydrogens is 249 g/mol. The number of carbonyl (C=O) groups excluding carboxylic acids is 1. The molecule has 19 heavy (non-hydrogen) atoms. The van der Waals surface area contributed by atoms with Gasteiger partial charge in [-0.2, -0.15) is 0 Å². The van der Waals surface area contributed by atoms with Crippen LogP contribution in [0.1, 0.15) is 24.5 Å². The van der Waals surface area contributed by atoms with Crippen molar-refractivity contribution in [3.05, 3.63) is 35.1 Å². The molecular formula is C14H18FNO3. The standard InChI is InChI=1S/C14H18FNO3/c1-8-3-4-10(6-12(8)15)5-11(14(18)19)7-13(17)9(2)16/h3-4,6,9,11H,5,7,16H2,1-2H3,(H,18,19). The van der Waals surface area contributed by atoms with Crippen LogP contribution in [0.3, 0.4) is 0 Å². The Bertz CT molecular complexity index is 486. The average Bonchev–Trinajstić information content (AvgIpc) is 2.32. The van der Waals surface area contributed by atoms with Crippen LogP contribution in [0.25, 0.3) is 0 Å². The second kappa shape index (κ2) is 6.43. The summed E-state index contributed by atoms with van der Waals surface area (Å²) in [5.74, 6) is -2.63. The van der Waals surface area contributed by atoms with Gasteiger partial charge in [0.15, 0.2) is 0 Å². The number of ketones is 1. The summed E-state index contributed by atoms with van der Waals surface area (Å²) in [6, 6.07) is 3.89. The molecule has 0 bridgehead atoms. The van der Waals surface area contributed by atoms with Crippen molar-refractivity contribution in [1.29, 1.82) is 0 Å². The minimum Gasteiger partial charge on any atom is -0.481 e. The van der Waals surface area contributed by atoms with E-state index in [9.17, 15) is 14.0 Å². The second-order valence-corrected chi connectivity index (χ2v) is 4.78. The Kier molecular flexibility index (Phi) is 5.18. The molecule has 3 N–H and O–H groups in total. The van der Waals surface area contributed by atoms with E-state index >= 15 is 0 Å². The summed E-state index contributed by atoms with van der Waals surface area (Å²) in [5.41, 5.74) is 6.48. The van der Waals surface area contributed by atoms with Crippen LogP contribution in [-0.4, -0.2) is 22.9 Å². The smallest absolute Gasteiger partial charge is 0.307 e. The fraction of sp³-hybridized carbons (Fsp3) is 0.429. The monoisotopic (exact) mass is 267 g/mol. The van der Waals surface area contributed by atoms with E-state index in [1.165, 1.54) is 13.0 Å². The van der Waals surface area contributed by atoms with Crippen LogP contribution < -0.4 is 5.73 Å². The molecule has 1 aromatic carbocycles. The van der Waals surface area contributed by atoms with E-state index < -0.39 is 17.9 Å². The molecule has 0 heterocycles. The molecule has 2 unspecified atom stereocenters. The topological polar surface area (TPSA) is 80.4 Å². The van der Waals surface area contributed by atoms with Crippen LogP contribution in [0, 0.1) is 18.7 Å². The third-order valence-electron chi connectivity index (χ3n) is 3.02. The minimum absolute atomic E-state index is 0.116. The van der Waals surface area contributed by atoms with E-state index in [1.807, 2.05) is 0 Å². The van der Waals surface area contributed by atoms with Crippen molar-refractivity contribution in [2.75, 3.05) is 0 Å². The second-order valence-electron chi connectivity index (χ2n) is 4.78. The first-order valence-electron chi connectivity index (χ1n) is 6.07. The molecule has 0 amide bonds. The normalized spacial score (nSPS) is 13.9. The Labute approximate surface area is 111 Å².